The van der Waals surface area contributed by atoms with Gasteiger partial charge in [0.25, 0.3) is 0 Å². The predicted molar refractivity (Wildman–Crippen MR) is 136 cm³/mol. The van der Waals surface area contributed by atoms with Crippen molar-refractivity contribution in [1.82, 2.24) is 0 Å². The maximum atomic E-state index is 12.3. The lowest BCUT2D eigenvalue weighted by molar-refractivity contribution is -0.115. The van der Waals surface area contributed by atoms with Gasteiger partial charge in [0.2, 0.25) is 0 Å². The van der Waals surface area contributed by atoms with Crippen LogP contribution in [0.1, 0.15) is 54.9 Å². The summed E-state index contributed by atoms with van der Waals surface area (Å²) < 4.78 is 11.2. The minimum absolute atomic E-state index is 0.153. The van der Waals surface area contributed by atoms with Crippen molar-refractivity contribution in [2.75, 3.05) is 6.61 Å². The Kier molecular flexibility index (Phi) is 9.39. The lowest BCUT2D eigenvalue weighted by Gasteiger charge is -2.09. The topological polar surface area (TPSA) is 76.4 Å². The summed E-state index contributed by atoms with van der Waals surface area (Å²) in [6.45, 7) is 6.08. The fraction of sp³-hybridized carbons (Fsp3) is 0.233. The van der Waals surface area contributed by atoms with Gasteiger partial charge in [-0.05, 0) is 85.0 Å². The van der Waals surface area contributed by atoms with E-state index in [1.54, 1.807) is 43.3 Å². The number of carbonyl (C=O) groups excluding carboxylic acids is 2. The van der Waals surface area contributed by atoms with Crippen LogP contribution in [0.15, 0.2) is 84.9 Å². The van der Waals surface area contributed by atoms with Crippen LogP contribution in [0, 0.1) is 11.3 Å². The highest BCUT2D eigenvalue weighted by Crippen LogP contribution is 2.25. The first kappa shape index (κ1) is 25.5. The molecule has 0 fully saturated rings. The summed E-state index contributed by atoms with van der Waals surface area (Å²) in [7, 11) is 0. The van der Waals surface area contributed by atoms with Gasteiger partial charge in [0.1, 0.15) is 11.5 Å². The Morgan fingerprint density at radius 3 is 1.94 bits per heavy atom. The zero-order valence-corrected chi connectivity index (χ0v) is 20.0. The van der Waals surface area contributed by atoms with Crippen molar-refractivity contribution >= 4 is 11.8 Å². The molecule has 3 aromatic rings. The Morgan fingerprint density at radius 1 is 0.800 bits per heavy atom. The molecule has 0 N–H and O–H groups in total. The first-order chi connectivity index (χ1) is 17.0. The van der Waals surface area contributed by atoms with Gasteiger partial charge >= 0.3 is 5.97 Å². The van der Waals surface area contributed by atoms with Crippen LogP contribution in [0.5, 0.6) is 11.5 Å². The number of hydrogen-bond donors (Lipinski definition) is 0. The standard InChI is InChI=1S/C30H29NO4/c1-22(2)29(32)7-5-3-4-6-20-34-27-16-12-24(13-17-27)25-14-18-28(19-15-25)35-30(33)26-10-8-23(21-31)9-11-26/h8-19H,1,3-7,20H2,2H3. The molecule has 3 rings (SSSR count). The molecule has 3 aromatic carbocycles. The predicted octanol–water partition coefficient (Wildman–Crippen LogP) is 6.92. The van der Waals surface area contributed by atoms with Crippen LogP contribution in [-0.4, -0.2) is 18.4 Å². The number of ketones is 1. The molecule has 0 radical (unpaired) electrons. The molecular formula is C30H29NO4. The van der Waals surface area contributed by atoms with Crippen LogP contribution in [-0.2, 0) is 4.79 Å². The number of esters is 1. The van der Waals surface area contributed by atoms with Gasteiger partial charge in [-0.3, -0.25) is 4.79 Å². The van der Waals surface area contributed by atoms with Crippen molar-refractivity contribution < 1.29 is 19.1 Å². The van der Waals surface area contributed by atoms with E-state index in [0.717, 1.165) is 42.6 Å². The number of carbonyl (C=O) groups is 2. The van der Waals surface area contributed by atoms with E-state index in [9.17, 15) is 9.59 Å². The number of Topliss-reactive ketones (excluding diaryl/α,β-unsaturated/α-hetero) is 1. The van der Waals surface area contributed by atoms with Crippen molar-refractivity contribution in [3.05, 3.63) is 96.1 Å². The van der Waals surface area contributed by atoms with Crippen molar-refractivity contribution in [1.29, 1.82) is 5.26 Å². The molecule has 0 saturated carbocycles. The van der Waals surface area contributed by atoms with Gasteiger partial charge in [0.05, 0.1) is 23.8 Å². The smallest absolute Gasteiger partial charge is 0.343 e. The van der Waals surface area contributed by atoms with E-state index in [1.807, 2.05) is 42.5 Å². The Bertz CT molecular complexity index is 1190. The van der Waals surface area contributed by atoms with E-state index in [4.69, 9.17) is 14.7 Å². The first-order valence-electron chi connectivity index (χ1n) is 11.7. The Hall–Kier alpha value is -4.17. The normalized spacial score (nSPS) is 10.3. The molecule has 0 aromatic heterocycles. The number of nitrogens with zero attached hydrogens (tertiary/aromatic N) is 1. The zero-order valence-electron chi connectivity index (χ0n) is 20.0. The van der Waals surface area contributed by atoms with Gasteiger partial charge < -0.3 is 9.47 Å². The highest BCUT2D eigenvalue weighted by Gasteiger charge is 2.09. The SMILES string of the molecule is C=C(C)C(=O)CCCCCCOc1ccc(-c2ccc(OC(=O)c3ccc(C#N)cc3)cc2)cc1. The van der Waals surface area contributed by atoms with Crippen LogP contribution in [0.3, 0.4) is 0 Å². The second-order valence-electron chi connectivity index (χ2n) is 8.34. The van der Waals surface area contributed by atoms with Gasteiger partial charge in [-0.2, -0.15) is 5.26 Å². The molecule has 5 nitrogen and oxygen atoms in total. The molecule has 5 heteroatoms. The van der Waals surface area contributed by atoms with Crippen molar-refractivity contribution in [3.8, 4) is 28.7 Å². The molecule has 0 unspecified atom stereocenters. The number of nitriles is 1. The third-order valence-corrected chi connectivity index (χ3v) is 5.55. The van der Waals surface area contributed by atoms with Crippen LogP contribution in [0.25, 0.3) is 11.1 Å². The number of ether oxygens (including phenoxy) is 2. The quantitative estimate of drug-likeness (QED) is 0.125. The summed E-state index contributed by atoms with van der Waals surface area (Å²) in [6.07, 6.45) is 4.47. The van der Waals surface area contributed by atoms with Gasteiger partial charge in [-0.25, -0.2) is 4.79 Å². The largest absolute Gasteiger partial charge is 0.494 e. The highest BCUT2D eigenvalue weighted by molar-refractivity contribution is 5.94. The van der Waals surface area contributed by atoms with Crippen molar-refractivity contribution in [2.24, 2.45) is 0 Å². The third-order valence-electron chi connectivity index (χ3n) is 5.55. The van der Waals surface area contributed by atoms with E-state index in [1.165, 1.54) is 0 Å². The van der Waals surface area contributed by atoms with Crippen LogP contribution in [0.2, 0.25) is 0 Å². The van der Waals surface area contributed by atoms with Gasteiger partial charge in [0.15, 0.2) is 5.78 Å². The Morgan fingerprint density at radius 2 is 1.37 bits per heavy atom. The molecule has 0 saturated heterocycles. The maximum Gasteiger partial charge on any atom is 0.343 e. The fourth-order valence-corrected chi connectivity index (χ4v) is 3.45. The molecular weight excluding hydrogens is 438 g/mol. The molecule has 0 bridgehead atoms. The average Bonchev–Trinajstić information content (AvgIpc) is 2.88. The van der Waals surface area contributed by atoms with Crippen LogP contribution in [0.4, 0.5) is 0 Å². The Balaban J connectivity index is 1.42. The molecule has 0 aliphatic rings. The van der Waals surface area contributed by atoms with E-state index < -0.39 is 5.97 Å². The second kappa shape index (κ2) is 12.9. The summed E-state index contributed by atoms with van der Waals surface area (Å²) in [6, 6.07) is 23.5. The minimum atomic E-state index is -0.468. The van der Waals surface area contributed by atoms with E-state index in [2.05, 4.69) is 6.58 Å². The van der Waals surface area contributed by atoms with Crippen LogP contribution < -0.4 is 9.47 Å². The molecule has 0 atom stereocenters. The maximum absolute atomic E-state index is 12.3. The fourth-order valence-electron chi connectivity index (χ4n) is 3.45. The number of benzene rings is 3. The number of hydrogen-bond acceptors (Lipinski definition) is 5. The average molecular weight is 468 g/mol. The number of unbranched alkanes of at least 4 members (excludes halogenated alkanes) is 3. The van der Waals surface area contributed by atoms with Crippen LogP contribution >= 0.6 is 0 Å². The van der Waals surface area contributed by atoms with Crippen molar-refractivity contribution in [3.63, 3.8) is 0 Å². The van der Waals surface area contributed by atoms with E-state index in [0.29, 0.717) is 35.5 Å². The van der Waals surface area contributed by atoms with Gasteiger partial charge in [0, 0.05) is 6.42 Å². The zero-order chi connectivity index (χ0) is 25.0. The van der Waals surface area contributed by atoms with Gasteiger partial charge in [-0.1, -0.05) is 43.7 Å². The summed E-state index contributed by atoms with van der Waals surface area (Å²) >= 11 is 0. The summed E-state index contributed by atoms with van der Waals surface area (Å²) in [5.41, 5.74) is 3.55. The molecule has 0 amide bonds. The Labute approximate surface area is 206 Å². The van der Waals surface area contributed by atoms with Gasteiger partial charge in [-0.15, -0.1) is 0 Å². The molecule has 0 aliphatic heterocycles. The highest BCUT2D eigenvalue weighted by atomic mass is 16.5. The summed E-state index contributed by atoms with van der Waals surface area (Å²) in [5, 5.41) is 8.85. The molecule has 0 spiro atoms. The third kappa shape index (κ3) is 7.97. The molecule has 178 valence electrons. The van der Waals surface area contributed by atoms with Crippen molar-refractivity contribution in [2.45, 2.75) is 39.0 Å². The minimum Gasteiger partial charge on any atom is -0.494 e. The number of rotatable bonds is 12. The molecule has 0 aliphatic carbocycles. The molecule has 0 heterocycles. The number of allylic oxidation sites excluding steroid dienone is 1. The first-order valence-corrected chi connectivity index (χ1v) is 11.7. The molecule has 35 heavy (non-hydrogen) atoms. The lowest BCUT2D eigenvalue weighted by atomic mass is 10.1. The van der Waals surface area contributed by atoms with E-state index in [-0.39, 0.29) is 5.78 Å². The van der Waals surface area contributed by atoms with E-state index >= 15 is 0 Å². The lowest BCUT2D eigenvalue weighted by Crippen LogP contribution is -2.08. The second-order valence-corrected chi connectivity index (χ2v) is 8.34. The monoisotopic (exact) mass is 467 g/mol. The summed E-state index contributed by atoms with van der Waals surface area (Å²) in [4.78, 5) is 23.8. The summed E-state index contributed by atoms with van der Waals surface area (Å²) in [5.74, 6) is 0.954.